The summed E-state index contributed by atoms with van der Waals surface area (Å²) in [6.07, 6.45) is -12.2. The Morgan fingerprint density at radius 2 is 1.39 bits per heavy atom. The first kappa shape index (κ1) is 28.1. The molecule has 1 fully saturated rings. The van der Waals surface area contributed by atoms with Crippen molar-refractivity contribution in [1.82, 2.24) is 4.90 Å². The van der Waals surface area contributed by atoms with Gasteiger partial charge in [-0.1, -0.05) is 42.5 Å². The van der Waals surface area contributed by atoms with Crippen LogP contribution in [0.15, 0.2) is 72.8 Å². The second kappa shape index (κ2) is 11.0. The number of nitrogens with zero attached hydrogens (tertiary/aromatic N) is 1. The van der Waals surface area contributed by atoms with Crippen molar-refractivity contribution in [2.45, 2.75) is 50.7 Å². The standard InChI is InChI=1S/C28H26F7NO2/c1-17(19-6-4-3-5-7-19)36-12-13-37-26(25(36)20-8-10-24(29)11-9-20)38-18(2)21-14-22(27(30,31)32)16-23(15-21)28(33,34)35/h3-11,14-18,25-26H,12-13H2,1-2H3/t17-,18-,25-,26?/m1/s1. The van der Waals surface area contributed by atoms with E-state index in [0.717, 1.165) is 5.56 Å². The van der Waals surface area contributed by atoms with Crippen molar-refractivity contribution in [3.8, 4) is 0 Å². The molecule has 0 aromatic heterocycles. The number of rotatable bonds is 6. The third-order valence-corrected chi connectivity index (χ3v) is 6.66. The zero-order chi connectivity index (χ0) is 27.7. The Hall–Kier alpha value is -2.95. The van der Waals surface area contributed by atoms with Crippen LogP contribution in [0, 0.1) is 5.82 Å². The summed E-state index contributed by atoms with van der Waals surface area (Å²) in [6, 6.07) is 15.8. The summed E-state index contributed by atoms with van der Waals surface area (Å²) in [4.78, 5) is 2.07. The van der Waals surface area contributed by atoms with Crippen molar-refractivity contribution in [2.24, 2.45) is 0 Å². The molecule has 0 N–H and O–H groups in total. The Morgan fingerprint density at radius 1 is 0.816 bits per heavy atom. The highest BCUT2D eigenvalue weighted by atomic mass is 19.4. The van der Waals surface area contributed by atoms with Crippen LogP contribution in [0.25, 0.3) is 0 Å². The number of benzene rings is 3. The van der Waals surface area contributed by atoms with Gasteiger partial charge in [-0.3, -0.25) is 4.90 Å². The lowest BCUT2D eigenvalue weighted by atomic mass is 9.98. The zero-order valence-corrected chi connectivity index (χ0v) is 20.6. The van der Waals surface area contributed by atoms with E-state index in [-0.39, 0.29) is 24.3 Å². The van der Waals surface area contributed by atoms with Crippen molar-refractivity contribution in [3.05, 3.63) is 106 Å². The molecule has 1 heterocycles. The molecule has 3 nitrogen and oxygen atoms in total. The molecule has 0 saturated carbocycles. The predicted octanol–water partition coefficient (Wildman–Crippen LogP) is 8.10. The largest absolute Gasteiger partial charge is 0.416 e. The van der Waals surface area contributed by atoms with Crippen LogP contribution in [-0.4, -0.2) is 24.3 Å². The molecule has 204 valence electrons. The lowest BCUT2D eigenvalue weighted by Crippen LogP contribution is -2.47. The van der Waals surface area contributed by atoms with E-state index in [4.69, 9.17) is 9.47 Å². The lowest BCUT2D eigenvalue weighted by Gasteiger charge is -2.45. The van der Waals surface area contributed by atoms with Crippen molar-refractivity contribution in [3.63, 3.8) is 0 Å². The Bertz CT molecular complexity index is 1180. The fraction of sp³-hybridized carbons (Fsp3) is 0.357. The van der Waals surface area contributed by atoms with Crippen LogP contribution in [0.5, 0.6) is 0 Å². The Labute approximate surface area is 215 Å². The average Bonchev–Trinajstić information content (AvgIpc) is 2.88. The molecule has 10 heteroatoms. The molecule has 0 radical (unpaired) electrons. The Morgan fingerprint density at radius 3 is 1.95 bits per heavy atom. The van der Waals surface area contributed by atoms with Crippen LogP contribution in [0.3, 0.4) is 0 Å². The van der Waals surface area contributed by atoms with Gasteiger partial charge in [-0.15, -0.1) is 0 Å². The fourth-order valence-corrected chi connectivity index (χ4v) is 4.63. The summed E-state index contributed by atoms with van der Waals surface area (Å²) in [7, 11) is 0. The average molecular weight is 542 g/mol. The molecule has 3 aromatic carbocycles. The van der Waals surface area contributed by atoms with E-state index in [9.17, 15) is 30.7 Å². The fourth-order valence-electron chi connectivity index (χ4n) is 4.63. The summed E-state index contributed by atoms with van der Waals surface area (Å²) in [5, 5.41) is 0. The number of alkyl halides is 6. The molecule has 0 aliphatic carbocycles. The van der Waals surface area contributed by atoms with Gasteiger partial charge in [0.25, 0.3) is 0 Å². The molecule has 0 bridgehead atoms. The smallest absolute Gasteiger partial charge is 0.349 e. The zero-order valence-electron chi connectivity index (χ0n) is 20.6. The Balaban J connectivity index is 1.69. The minimum atomic E-state index is -4.98. The van der Waals surface area contributed by atoms with E-state index in [1.165, 1.54) is 19.1 Å². The van der Waals surface area contributed by atoms with E-state index in [0.29, 0.717) is 24.2 Å². The topological polar surface area (TPSA) is 21.7 Å². The van der Waals surface area contributed by atoms with Crippen molar-refractivity contribution >= 4 is 0 Å². The maximum atomic E-state index is 13.7. The summed E-state index contributed by atoms with van der Waals surface area (Å²) in [5.74, 6) is -0.456. The second-order valence-corrected chi connectivity index (χ2v) is 9.18. The second-order valence-electron chi connectivity index (χ2n) is 9.18. The van der Waals surface area contributed by atoms with Gasteiger partial charge >= 0.3 is 12.4 Å². The minimum absolute atomic E-state index is 0.0813. The molecule has 1 saturated heterocycles. The van der Waals surface area contributed by atoms with Gasteiger partial charge in [-0.2, -0.15) is 26.3 Å². The maximum absolute atomic E-state index is 13.7. The van der Waals surface area contributed by atoms with E-state index in [1.54, 1.807) is 12.1 Å². The molecular formula is C28H26F7NO2. The Kier molecular flexibility index (Phi) is 8.15. The number of halogens is 7. The van der Waals surface area contributed by atoms with E-state index in [1.807, 2.05) is 37.3 Å². The van der Waals surface area contributed by atoms with Crippen LogP contribution in [0.2, 0.25) is 0 Å². The number of hydrogen-bond donors (Lipinski definition) is 0. The SMILES string of the molecule is C[C@H](c1ccccc1)N1CCOC(O[C@H](C)c2cc(C(F)(F)F)cc(C(F)(F)F)c2)[C@H]1c1ccc(F)cc1. The molecule has 1 aliphatic rings. The molecule has 1 unspecified atom stereocenters. The molecular weight excluding hydrogens is 515 g/mol. The molecule has 3 aromatic rings. The van der Waals surface area contributed by atoms with Crippen LogP contribution in [0.1, 0.15) is 59.9 Å². The monoisotopic (exact) mass is 541 g/mol. The molecule has 0 amide bonds. The summed E-state index contributed by atoms with van der Waals surface area (Å²) >= 11 is 0. The maximum Gasteiger partial charge on any atom is 0.416 e. The van der Waals surface area contributed by atoms with E-state index < -0.39 is 47.7 Å². The van der Waals surface area contributed by atoms with Gasteiger partial charge in [-0.25, -0.2) is 4.39 Å². The number of hydrogen-bond acceptors (Lipinski definition) is 3. The number of ether oxygens (including phenoxy) is 2. The summed E-state index contributed by atoms with van der Waals surface area (Å²) < 4.78 is 106. The lowest BCUT2D eigenvalue weighted by molar-refractivity contribution is -0.235. The van der Waals surface area contributed by atoms with Gasteiger partial charge in [0.2, 0.25) is 0 Å². The van der Waals surface area contributed by atoms with Gasteiger partial charge in [-0.05, 0) is 60.9 Å². The van der Waals surface area contributed by atoms with E-state index >= 15 is 0 Å². The third-order valence-electron chi connectivity index (χ3n) is 6.66. The van der Waals surface area contributed by atoms with Gasteiger partial charge in [0.05, 0.1) is 29.9 Å². The molecule has 4 atom stereocenters. The minimum Gasteiger partial charge on any atom is -0.349 e. The number of morpholine rings is 1. The first-order chi connectivity index (χ1) is 17.8. The van der Waals surface area contributed by atoms with Crippen molar-refractivity contribution in [1.29, 1.82) is 0 Å². The highest BCUT2D eigenvalue weighted by molar-refractivity contribution is 5.35. The van der Waals surface area contributed by atoms with Gasteiger partial charge < -0.3 is 9.47 Å². The normalized spacial score (nSPS) is 20.8. The summed E-state index contributed by atoms with van der Waals surface area (Å²) in [6.45, 7) is 4.02. The molecule has 1 aliphatic heterocycles. The highest BCUT2D eigenvalue weighted by Crippen LogP contribution is 2.41. The molecule has 0 spiro atoms. The van der Waals surface area contributed by atoms with E-state index in [2.05, 4.69) is 4.90 Å². The van der Waals surface area contributed by atoms with Gasteiger partial charge in [0, 0.05) is 12.6 Å². The summed E-state index contributed by atoms with van der Waals surface area (Å²) in [5.41, 5.74) is -1.51. The van der Waals surface area contributed by atoms with Crippen LogP contribution < -0.4 is 0 Å². The van der Waals surface area contributed by atoms with Crippen LogP contribution >= 0.6 is 0 Å². The van der Waals surface area contributed by atoms with Crippen molar-refractivity contribution < 1.29 is 40.2 Å². The van der Waals surface area contributed by atoms with Crippen molar-refractivity contribution in [2.75, 3.05) is 13.2 Å². The first-order valence-electron chi connectivity index (χ1n) is 12.0. The van der Waals surface area contributed by atoms with Crippen LogP contribution in [0.4, 0.5) is 30.7 Å². The molecule has 38 heavy (non-hydrogen) atoms. The third kappa shape index (κ3) is 6.36. The first-order valence-corrected chi connectivity index (χ1v) is 12.0. The van der Waals surface area contributed by atoms with Gasteiger partial charge in [0.1, 0.15) is 5.82 Å². The quantitative estimate of drug-likeness (QED) is 0.295. The van der Waals surface area contributed by atoms with Crippen LogP contribution in [-0.2, 0) is 21.8 Å². The highest BCUT2D eigenvalue weighted by Gasteiger charge is 2.40. The van der Waals surface area contributed by atoms with Gasteiger partial charge in [0.15, 0.2) is 6.29 Å². The molecule has 4 rings (SSSR count). The predicted molar refractivity (Wildman–Crippen MR) is 126 cm³/mol.